The standard InChI is InChI=1S/C27H31N5O4/c1-4-5-14-35-27(34)32-12-10-31(11-13-32)24-9-8-21(25-22(24)15-18(2)36-25)26(33)28-20-7-6-19-17-30(3)29-23(19)16-20/h6-9,15-17H,4-5,10-14H2,1-3H3,(H,28,33). The maximum absolute atomic E-state index is 13.2. The number of fused-ring (bicyclic) bond motifs is 2. The molecule has 5 rings (SSSR count). The molecule has 0 aliphatic carbocycles. The molecule has 1 fully saturated rings. The topological polar surface area (TPSA) is 92.8 Å². The van der Waals surface area contributed by atoms with Crippen molar-refractivity contribution in [2.45, 2.75) is 26.7 Å². The molecule has 188 valence electrons. The number of amides is 2. The summed E-state index contributed by atoms with van der Waals surface area (Å²) in [6.07, 6.45) is 3.56. The molecule has 4 aromatic rings. The molecule has 1 N–H and O–H groups in total. The zero-order chi connectivity index (χ0) is 25.2. The van der Waals surface area contributed by atoms with E-state index in [4.69, 9.17) is 9.15 Å². The van der Waals surface area contributed by atoms with Crippen molar-refractivity contribution in [2.24, 2.45) is 7.05 Å². The number of nitrogens with zero attached hydrogens (tertiary/aromatic N) is 4. The third kappa shape index (κ3) is 4.73. The maximum Gasteiger partial charge on any atom is 0.409 e. The van der Waals surface area contributed by atoms with Gasteiger partial charge in [0.15, 0.2) is 0 Å². The number of anilines is 2. The number of hydrogen-bond acceptors (Lipinski definition) is 6. The zero-order valence-electron chi connectivity index (χ0n) is 20.9. The Balaban J connectivity index is 1.33. The van der Waals surface area contributed by atoms with E-state index < -0.39 is 0 Å². The van der Waals surface area contributed by atoms with Gasteiger partial charge in [-0.1, -0.05) is 13.3 Å². The highest BCUT2D eigenvalue weighted by molar-refractivity contribution is 6.14. The van der Waals surface area contributed by atoms with Crippen LogP contribution in [0.2, 0.25) is 0 Å². The Hall–Kier alpha value is -4.01. The molecule has 9 heteroatoms. The summed E-state index contributed by atoms with van der Waals surface area (Å²) in [4.78, 5) is 29.5. The predicted octanol–water partition coefficient (Wildman–Crippen LogP) is 4.94. The number of carbonyl (C=O) groups excluding carboxylic acids is 2. The third-order valence-corrected chi connectivity index (χ3v) is 6.51. The number of rotatable bonds is 6. The van der Waals surface area contributed by atoms with Crippen LogP contribution in [0.1, 0.15) is 35.9 Å². The largest absolute Gasteiger partial charge is 0.460 e. The fourth-order valence-corrected chi connectivity index (χ4v) is 4.63. The highest BCUT2D eigenvalue weighted by Crippen LogP contribution is 2.33. The van der Waals surface area contributed by atoms with Gasteiger partial charge < -0.3 is 24.3 Å². The molecule has 9 nitrogen and oxygen atoms in total. The van der Waals surface area contributed by atoms with E-state index in [-0.39, 0.29) is 12.0 Å². The number of ether oxygens (including phenoxy) is 1. The summed E-state index contributed by atoms with van der Waals surface area (Å²) in [7, 11) is 1.87. The fraction of sp³-hybridized carbons (Fsp3) is 0.370. The van der Waals surface area contributed by atoms with Gasteiger partial charge in [-0.3, -0.25) is 9.48 Å². The number of carbonyl (C=O) groups is 2. The van der Waals surface area contributed by atoms with E-state index in [1.165, 1.54) is 0 Å². The average Bonchev–Trinajstić information content (AvgIpc) is 3.44. The molecular formula is C27H31N5O4. The molecule has 3 heterocycles. The van der Waals surface area contributed by atoms with E-state index in [1.807, 2.05) is 50.5 Å². The van der Waals surface area contributed by atoms with Gasteiger partial charge in [0.2, 0.25) is 0 Å². The minimum atomic E-state index is -0.247. The Bertz CT molecular complexity index is 1410. The van der Waals surface area contributed by atoms with Crippen LogP contribution in [-0.4, -0.2) is 59.5 Å². The van der Waals surface area contributed by atoms with Gasteiger partial charge in [-0.15, -0.1) is 0 Å². The van der Waals surface area contributed by atoms with E-state index >= 15 is 0 Å². The number of hydrogen-bond donors (Lipinski definition) is 1. The summed E-state index contributed by atoms with van der Waals surface area (Å²) in [6.45, 7) is 6.94. The highest BCUT2D eigenvalue weighted by atomic mass is 16.6. The Morgan fingerprint density at radius 3 is 2.69 bits per heavy atom. The second-order valence-electron chi connectivity index (χ2n) is 9.20. The highest BCUT2D eigenvalue weighted by Gasteiger charge is 2.25. The van der Waals surface area contributed by atoms with Crippen LogP contribution in [0.5, 0.6) is 0 Å². The van der Waals surface area contributed by atoms with Crippen LogP contribution in [0.25, 0.3) is 21.9 Å². The van der Waals surface area contributed by atoms with Crippen LogP contribution < -0.4 is 10.2 Å². The van der Waals surface area contributed by atoms with Crippen molar-refractivity contribution in [3.63, 3.8) is 0 Å². The number of furan rings is 1. The van der Waals surface area contributed by atoms with Crippen molar-refractivity contribution >= 4 is 45.2 Å². The summed E-state index contributed by atoms with van der Waals surface area (Å²) in [5.41, 5.74) is 3.52. The van der Waals surface area contributed by atoms with Gasteiger partial charge in [0.25, 0.3) is 5.91 Å². The lowest BCUT2D eigenvalue weighted by Crippen LogP contribution is -2.49. The summed E-state index contributed by atoms with van der Waals surface area (Å²) < 4.78 is 13.1. The Morgan fingerprint density at radius 1 is 1.11 bits per heavy atom. The second-order valence-corrected chi connectivity index (χ2v) is 9.20. The van der Waals surface area contributed by atoms with Crippen LogP contribution in [0.3, 0.4) is 0 Å². The summed E-state index contributed by atoms with van der Waals surface area (Å²) in [6, 6.07) is 11.4. The summed E-state index contributed by atoms with van der Waals surface area (Å²) >= 11 is 0. The van der Waals surface area contributed by atoms with Crippen molar-refractivity contribution in [3.8, 4) is 0 Å². The van der Waals surface area contributed by atoms with Gasteiger partial charge in [-0.25, -0.2) is 4.79 Å². The summed E-state index contributed by atoms with van der Waals surface area (Å²) in [5, 5.41) is 9.29. The van der Waals surface area contributed by atoms with Crippen LogP contribution in [-0.2, 0) is 11.8 Å². The van der Waals surface area contributed by atoms with E-state index in [1.54, 1.807) is 15.6 Å². The predicted molar refractivity (Wildman–Crippen MR) is 140 cm³/mol. The first-order valence-electron chi connectivity index (χ1n) is 12.4. The van der Waals surface area contributed by atoms with Crippen LogP contribution >= 0.6 is 0 Å². The first-order chi connectivity index (χ1) is 17.4. The number of benzene rings is 2. The van der Waals surface area contributed by atoms with Gasteiger partial charge in [-0.05, 0) is 49.7 Å². The van der Waals surface area contributed by atoms with Crippen molar-refractivity contribution in [3.05, 3.63) is 53.9 Å². The Kier molecular flexibility index (Phi) is 6.54. The molecule has 2 aromatic carbocycles. The van der Waals surface area contributed by atoms with Gasteiger partial charge in [-0.2, -0.15) is 5.10 Å². The molecule has 1 saturated heterocycles. The molecule has 2 aromatic heterocycles. The number of piperazine rings is 1. The quantitative estimate of drug-likeness (QED) is 0.386. The van der Waals surface area contributed by atoms with Gasteiger partial charge in [0, 0.05) is 61.6 Å². The zero-order valence-corrected chi connectivity index (χ0v) is 20.9. The van der Waals surface area contributed by atoms with Crippen molar-refractivity contribution < 1.29 is 18.7 Å². The van der Waals surface area contributed by atoms with Crippen LogP contribution in [0.15, 0.2) is 47.0 Å². The van der Waals surface area contributed by atoms with Gasteiger partial charge in [0.05, 0.1) is 17.7 Å². The van der Waals surface area contributed by atoms with Crippen LogP contribution in [0.4, 0.5) is 16.2 Å². The third-order valence-electron chi connectivity index (χ3n) is 6.51. The molecule has 1 aliphatic rings. The lowest BCUT2D eigenvalue weighted by atomic mass is 10.1. The number of aryl methyl sites for hydroxylation is 2. The van der Waals surface area contributed by atoms with Gasteiger partial charge in [0.1, 0.15) is 11.3 Å². The lowest BCUT2D eigenvalue weighted by molar-refractivity contribution is 0.0987. The Morgan fingerprint density at radius 2 is 1.92 bits per heavy atom. The van der Waals surface area contributed by atoms with Crippen molar-refractivity contribution in [1.82, 2.24) is 14.7 Å². The minimum absolute atomic E-state index is 0.240. The van der Waals surface area contributed by atoms with Crippen molar-refractivity contribution in [1.29, 1.82) is 0 Å². The maximum atomic E-state index is 13.2. The normalized spacial score (nSPS) is 14.0. The van der Waals surface area contributed by atoms with E-state index in [9.17, 15) is 9.59 Å². The first-order valence-corrected chi connectivity index (χ1v) is 12.4. The molecular weight excluding hydrogens is 458 g/mol. The average molecular weight is 490 g/mol. The number of nitrogens with one attached hydrogen (secondary N) is 1. The molecule has 36 heavy (non-hydrogen) atoms. The molecule has 0 atom stereocenters. The molecule has 0 radical (unpaired) electrons. The fourth-order valence-electron chi connectivity index (χ4n) is 4.63. The minimum Gasteiger partial charge on any atom is -0.460 e. The number of unbranched alkanes of at least 4 members (excludes halogenated alkanes) is 1. The SMILES string of the molecule is CCCCOC(=O)N1CCN(c2ccc(C(=O)Nc3ccc4cn(C)nc4c3)c3oc(C)cc23)CC1. The monoisotopic (exact) mass is 489 g/mol. The summed E-state index contributed by atoms with van der Waals surface area (Å²) in [5.74, 6) is 0.496. The van der Waals surface area contributed by atoms with Gasteiger partial charge >= 0.3 is 6.09 Å². The molecule has 1 aliphatic heterocycles. The smallest absolute Gasteiger partial charge is 0.409 e. The second kappa shape index (κ2) is 9.93. The van der Waals surface area contributed by atoms with E-state index in [0.29, 0.717) is 49.6 Å². The van der Waals surface area contributed by atoms with E-state index in [2.05, 4.69) is 22.2 Å². The molecule has 2 amide bonds. The van der Waals surface area contributed by atoms with E-state index in [0.717, 1.165) is 40.6 Å². The molecule has 0 spiro atoms. The van der Waals surface area contributed by atoms with Crippen molar-refractivity contribution in [2.75, 3.05) is 43.0 Å². The van der Waals surface area contributed by atoms with Crippen LogP contribution in [0, 0.1) is 6.92 Å². The molecule has 0 bridgehead atoms. The lowest BCUT2D eigenvalue weighted by Gasteiger charge is -2.35. The number of aromatic nitrogens is 2. The first kappa shape index (κ1) is 23.7. The Labute approximate surface area is 209 Å². The molecule has 0 saturated carbocycles. The molecule has 0 unspecified atom stereocenters.